The van der Waals surface area contributed by atoms with Gasteiger partial charge in [-0.15, -0.1) is 11.3 Å². The van der Waals surface area contributed by atoms with Gasteiger partial charge in [-0.3, -0.25) is 0 Å². The molecule has 0 saturated heterocycles. The Hall–Kier alpha value is -13.7. The molecule has 490 valence electrons. The standard InChI is InChI=1S/C97H62BN5OS/c99-63-64-46-49-74(50-47-64)101(73-38-20-7-21-39-73)76-52-55-84-86(62-76)103(97-79(67-30-12-3-13-31-67)43-25-44-80(97)68-32-14-4-15-33-68)88-59-70(69-48-53-81-90(60-69)104-89-56-57-92-94(93(81)89)82-40-22-23-45-91(82)105-92)58-87-95(88)98(84)83-54-51-75(100(71-34-16-5-17-35-71)72-36-18-6-19-37-72)61-85(83)102(87)96-77(65-26-8-1-9-27-65)41-24-42-78(96)66-28-10-2-11-29-66/h1-62H/i5D,16D,17D,34D,35D. The second-order valence-corrected chi connectivity index (χ2v) is 27.7. The fourth-order valence-corrected chi connectivity index (χ4v) is 17.3. The van der Waals surface area contributed by atoms with E-state index in [-0.39, 0.29) is 17.8 Å². The molecule has 18 aromatic rings. The summed E-state index contributed by atoms with van der Waals surface area (Å²) >= 11 is 1.79. The number of anilines is 12. The van der Waals surface area contributed by atoms with Crippen molar-refractivity contribution >= 4 is 145 Å². The minimum atomic E-state index is -0.505. The van der Waals surface area contributed by atoms with E-state index in [2.05, 4.69) is 306 Å². The van der Waals surface area contributed by atoms with Crippen LogP contribution >= 0.6 is 11.3 Å². The molecule has 8 heteroatoms. The quantitative estimate of drug-likeness (QED) is 0.107. The van der Waals surface area contributed by atoms with Crippen LogP contribution in [0.5, 0.6) is 0 Å². The van der Waals surface area contributed by atoms with Crippen LogP contribution in [0.2, 0.25) is 0 Å². The lowest BCUT2D eigenvalue weighted by atomic mass is 9.33. The van der Waals surface area contributed by atoms with Crippen molar-refractivity contribution in [1.29, 1.82) is 5.26 Å². The molecule has 0 atom stereocenters. The number of thiophene rings is 1. The van der Waals surface area contributed by atoms with Crippen molar-refractivity contribution < 1.29 is 11.3 Å². The highest BCUT2D eigenvalue weighted by Crippen LogP contribution is 2.56. The molecule has 0 amide bonds. The van der Waals surface area contributed by atoms with Crippen LogP contribution in [0.25, 0.3) is 97.7 Å². The Morgan fingerprint density at radius 3 is 1.30 bits per heavy atom. The largest absolute Gasteiger partial charge is 0.456 e. The van der Waals surface area contributed by atoms with Crippen molar-refractivity contribution in [1.82, 2.24) is 0 Å². The van der Waals surface area contributed by atoms with Crippen molar-refractivity contribution in [2.24, 2.45) is 0 Å². The fraction of sp³-hybridized carbons (Fsp3) is 0. The summed E-state index contributed by atoms with van der Waals surface area (Å²) in [5, 5.41) is 14.7. The monoisotopic (exact) mass is 1360 g/mol. The van der Waals surface area contributed by atoms with Gasteiger partial charge in [0, 0.05) is 110 Å². The zero-order chi connectivity index (χ0) is 73.8. The molecule has 105 heavy (non-hydrogen) atoms. The summed E-state index contributed by atoms with van der Waals surface area (Å²) in [6.45, 7) is -0.505. The lowest BCUT2D eigenvalue weighted by molar-refractivity contribution is 0.669. The van der Waals surface area contributed by atoms with Crippen LogP contribution in [0, 0.1) is 11.3 Å². The van der Waals surface area contributed by atoms with Gasteiger partial charge in [0.15, 0.2) is 0 Å². The highest BCUT2D eigenvalue weighted by molar-refractivity contribution is 7.26. The average molecular weight is 1360 g/mol. The maximum absolute atomic E-state index is 10.2. The van der Waals surface area contributed by atoms with Gasteiger partial charge >= 0.3 is 0 Å². The van der Waals surface area contributed by atoms with Crippen LogP contribution in [0.15, 0.2) is 380 Å². The fourth-order valence-electron chi connectivity index (χ4n) is 16.2. The number of hydrogen-bond acceptors (Lipinski definition) is 7. The predicted molar refractivity (Wildman–Crippen MR) is 442 cm³/mol. The van der Waals surface area contributed by atoms with Gasteiger partial charge in [-0.1, -0.05) is 249 Å². The molecule has 0 fully saturated rings. The van der Waals surface area contributed by atoms with E-state index in [1.807, 2.05) is 65.6 Å². The maximum atomic E-state index is 10.2. The van der Waals surface area contributed by atoms with Crippen LogP contribution in [-0.4, -0.2) is 6.71 Å². The van der Waals surface area contributed by atoms with E-state index in [1.54, 1.807) is 11.3 Å². The van der Waals surface area contributed by atoms with Crippen LogP contribution in [-0.2, 0) is 0 Å². The molecule has 4 heterocycles. The summed E-state index contributed by atoms with van der Waals surface area (Å²) in [6, 6.07) is 122. The normalized spacial score (nSPS) is 12.8. The van der Waals surface area contributed by atoms with Crippen LogP contribution in [0.3, 0.4) is 0 Å². The molecule has 2 aliphatic heterocycles. The van der Waals surface area contributed by atoms with Gasteiger partial charge in [0.2, 0.25) is 0 Å². The Balaban J connectivity index is 0.959. The average Bonchev–Trinajstić information content (AvgIpc) is 0.950. The Labute approximate surface area is 620 Å². The molecule has 2 aromatic heterocycles. The van der Waals surface area contributed by atoms with Crippen molar-refractivity contribution in [3.63, 3.8) is 0 Å². The first-order valence-electron chi connectivity index (χ1n) is 37.7. The van der Waals surface area contributed by atoms with Crippen LogP contribution in [0.4, 0.5) is 68.2 Å². The van der Waals surface area contributed by atoms with Gasteiger partial charge < -0.3 is 24.0 Å². The van der Waals surface area contributed by atoms with E-state index in [1.165, 1.54) is 20.2 Å². The summed E-state index contributed by atoms with van der Waals surface area (Å²) in [4.78, 5) is 9.09. The lowest BCUT2D eigenvalue weighted by Gasteiger charge is -2.46. The first-order valence-corrected chi connectivity index (χ1v) is 36.0. The van der Waals surface area contributed by atoms with E-state index in [4.69, 9.17) is 5.79 Å². The van der Waals surface area contributed by atoms with Crippen molar-refractivity contribution in [2.75, 3.05) is 19.6 Å². The molecule has 0 N–H and O–H groups in total. The molecule has 0 unspecified atom stereocenters. The van der Waals surface area contributed by atoms with E-state index < -0.39 is 24.8 Å². The summed E-state index contributed by atoms with van der Waals surface area (Å²) in [7, 11) is 0. The molecular weight excluding hydrogens is 1290 g/mol. The molecule has 0 spiro atoms. The highest BCUT2D eigenvalue weighted by atomic mass is 32.1. The number of hydrogen-bond donors (Lipinski definition) is 0. The van der Waals surface area contributed by atoms with Gasteiger partial charge in [0.25, 0.3) is 6.71 Å². The molecule has 2 aliphatic rings. The van der Waals surface area contributed by atoms with E-state index in [0.717, 1.165) is 145 Å². The third kappa shape index (κ3) is 10.3. The van der Waals surface area contributed by atoms with Gasteiger partial charge in [0.05, 0.1) is 29.9 Å². The first kappa shape index (κ1) is 56.0. The van der Waals surface area contributed by atoms with Crippen molar-refractivity contribution in [3.05, 3.63) is 382 Å². The number of benzene rings is 16. The number of fused-ring (bicyclic) bond motifs is 11. The zero-order valence-corrected chi connectivity index (χ0v) is 57.4. The summed E-state index contributed by atoms with van der Waals surface area (Å²) in [5.74, 6) is 0. The number of rotatable bonds is 13. The topological polar surface area (TPSA) is 49.9 Å². The van der Waals surface area contributed by atoms with Crippen LogP contribution in [0.1, 0.15) is 12.4 Å². The Morgan fingerprint density at radius 2 is 0.790 bits per heavy atom. The summed E-state index contributed by atoms with van der Waals surface area (Å²) in [6.07, 6.45) is 0. The third-order valence-corrected chi connectivity index (χ3v) is 21.9. The molecular formula is C97H62BN5OS. The SMILES string of the molecule is [2H]c1c([2H])c([2H])c(N(c2ccccc2)c2ccc3c(c2)N(c2c(-c4ccccc4)cccc2-c2ccccc2)c2cc(-c4ccc5c(c4)oc4ccc6sc7ccccc7c6c45)cc4c2B3c2ccc(N(c3ccccc3)c3ccc(C#N)cc3)cc2N4c2c(-c3ccccc3)cccc2-c2ccccc2)c([2H])c1[2H]. The zero-order valence-electron chi connectivity index (χ0n) is 61.5. The Kier molecular flexibility index (Phi) is 13.6. The van der Waals surface area contributed by atoms with Crippen molar-refractivity contribution in [2.45, 2.75) is 0 Å². The summed E-state index contributed by atoms with van der Waals surface area (Å²) in [5.41, 5.74) is 24.2. The highest BCUT2D eigenvalue weighted by Gasteiger charge is 2.46. The smallest absolute Gasteiger partial charge is 0.252 e. The second-order valence-electron chi connectivity index (χ2n) is 26.6. The summed E-state index contributed by atoms with van der Waals surface area (Å²) < 4.78 is 56.3. The molecule has 20 rings (SSSR count). The lowest BCUT2D eigenvalue weighted by Crippen LogP contribution is -2.61. The van der Waals surface area contributed by atoms with E-state index in [0.29, 0.717) is 16.9 Å². The molecule has 16 aromatic carbocycles. The van der Waals surface area contributed by atoms with Gasteiger partial charge in [-0.2, -0.15) is 5.26 Å². The predicted octanol–water partition coefficient (Wildman–Crippen LogP) is 25.2. The van der Waals surface area contributed by atoms with E-state index in [9.17, 15) is 10.7 Å². The van der Waals surface area contributed by atoms with E-state index >= 15 is 0 Å². The minimum Gasteiger partial charge on any atom is -0.456 e. The second kappa shape index (κ2) is 25.4. The van der Waals surface area contributed by atoms with Crippen LogP contribution < -0.4 is 36.0 Å². The molecule has 0 bridgehead atoms. The third-order valence-electron chi connectivity index (χ3n) is 20.7. The minimum absolute atomic E-state index is 0.0146. The number of nitriles is 1. The molecule has 6 nitrogen and oxygen atoms in total. The number of nitrogens with zero attached hydrogens (tertiary/aromatic N) is 5. The van der Waals surface area contributed by atoms with Crippen molar-refractivity contribution in [3.8, 4) is 61.7 Å². The molecule has 0 saturated carbocycles. The Bertz CT molecular complexity index is 6620. The Morgan fingerprint density at radius 1 is 0.333 bits per heavy atom. The number of para-hydroxylation sites is 5. The van der Waals surface area contributed by atoms with Gasteiger partial charge in [0.1, 0.15) is 11.2 Å². The number of furan rings is 1. The molecule has 0 aliphatic carbocycles. The maximum Gasteiger partial charge on any atom is 0.252 e. The van der Waals surface area contributed by atoms with Gasteiger partial charge in [-0.25, -0.2) is 0 Å². The molecule has 0 radical (unpaired) electrons. The van der Waals surface area contributed by atoms with Gasteiger partial charge in [-0.05, 0) is 177 Å². The first-order chi connectivity index (χ1) is 54.1.